The number of carbonyl (C=O) groups excluding carboxylic acids is 3. The van der Waals surface area contributed by atoms with Crippen LogP contribution in [-0.4, -0.2) is 138 Å². The lowest BCUT2D eigenvalue weighted by atomic mass is 9.80. The van der Waals surface area contributed by atoms with E-state index >= 15 is 0 Å². The first-order valence-corrected chi connectivity index (χ1v) is 20.1. The van der Waals surface area contributed by atoms with Gasteiger partial charge in [-0.05, 0) is 40.5 Å². The van der Waals surface area contributed by atoms with Crippen LogP contribution in [0.2, 0.25) is 0 Å². The molecule has 0 radical (unpaired) electrons. The van der Waals surface area contributed by atoms with Crippen molar-refractivity contribution in [1.29, 1.82) is 0 Å². The van der Waals surface area contributed by atoms with Gasteiger partial charge < -0.3 is 60.4 Å². The van der Waals surface area contributed by atoms with Gasteiger partial charge in [-0.1, -0.05) is 0 Å². The third-order valence-corrected chi connectivity index (χ3v) is 11.6. The first-order chi connectivity index (χ1) is 29.1. The van der Waals surface area contributed by atoms with Crippen LogP contribution in [0.25, 0.3) is 22.3 Å². The molecule has 0 bridgehead atoms. The Hall–Kier alpha value is -5.01. The van der Waals surface area contributed by atoms with Crippen molar-refractivity contribution >= 4 is 51.7 Å². The van der Waals surface area contributed by atoms with E-state index in [0.717, 1.165) is 12.8 Å². The van der Waals surface area contributed by atoms with Gasteiger partial charge >= 0.3 is 11.9 Å². The fourth-order valence-corrected chi connectivity index (χ4v) is 8.48. The van der Waals surface area contributed by atoms with E-state index in [-0.39, 0.29) is 72.2 Å². The zero-order valence-corrected chi connectivity index (χ0v) is 34.7. The molecule has 61 heavy (non-hydrogen) atoms. The average molecular weight is 853 g/mol. The maximum absolute atomic E-state index is 11.6. The number of hydrogen-bond acceptors (Lipinski definition) is 21. The number of methoxy groups -OCH3 is 2. The van der Waals surface area contributed by atoms with Gasteiger partial charge in [0, 0.05) is 32.0 Å². The number of Topliss-reactive ketones (excluding diaryl/α,β-unsaturated/α-hetero) is 1. The maximum Gasteiger partial charge on any atom is 0.309 e. The molecule has 0 spiro atoms. The lowest BCUT2D eigenvalue weighted by molar-refractivity contribution is -0.196. The number of aromatic nitrogens is 8. The monoisotopic (exact) mass is 852 g/mol. The molecule has 8 atom stereocenters. The molecule has 23 heteroatoms. The van der Waals surface area contributed by atoms with E-state index in [2.05, 4.69) is 40.0 Å². The number of rotatable bonds is 8. The van der Waals surface area contributed by atoms with Crippen molar-refractivity contribution in [3.63, 3.8) is 0 Å². The Morgan fingerprint density at radius 2 is 1.18 bits per heavy atom. The molecule has 0 unspecified atom stereocenters. The number of nitrogens with one attached hydrogen (secondary N) is 1. The van der Waals surface area contributed by atoms with E-state index in [1.54, 1.807) is 17.2 Å². The Morgan fingerprint density at radius 1 is 0.721 bits per heavy atom. The molecule has 4 aromatic rings. The van der Waals surface area contributed by atoms with Crippen molar-refractivity contribution in [3.05, 3.63) is 25.3 Å². The molecule has 7 N–H and O–H groups in total. The Labute approximate surface area is 349 Å². The molecule has 4 aromatic heterocycles. The first kappa shape index (κ1) is 42.7. The number of ether oxygens (including phenoxy) is 8. The summed E-state index contributed by atoms with van der Waals surface area (Å²) in [6.45, 7) is 8.47. The summed E-state index contributed by atoms with van der Waals surface area (Å²) in [5.41, 5.74) is 19.8. The molecule has 2 saturated carbocycles. The molecule has 330 valence electrons. The third-order valence-electron chi connectivity index (χ3n) is 11.6. The minimum Gasteiger partial charge on any atom is -0.469 e. The molecule has 2 aliphatic carbocycles. The van der Waals surface area contributed by atoms with E-state index in [0.29, 0.717) is 59.9 Å². The van der Waals surface area contributed by atoms with Crippen molar-refractivity contribution in [2.24, 2.45) is 17.6 Å². The van der Waals surface area contributed by atoms with Crippen LogP contribution in [0.3, 0.4) is 0 Å². The number of fused-ring (bicyclic) bond motifs is 4. The number of imidazole rings is 2. The van der Waals surface area contributed by atoms with E-state index in [9.17, 15) is 14.4 Å². The summed E-state index contributed by atoms with van der Waals surface area (Å²) < 4.78 is 49.4. The summed E-state index contributed by atoms with van der Waals surface area (Å²) in [5.74, 6) is -1.14. The van der Waals surface area contributed by atoms with Gasteiger partial charge in [-0.2, -0.15) is 0 Å². The number of ketones is 1. The van der Waals surface area contributed by atoms with Crippen LogP contribution >= 0.6 is 0 Å². The first-order valence-electron chi connectivity index (χ1n) is 20.1. The molecule has 6 aliphatic rings. The second kappa shape index (κ2) is 16.7. The Kier molecular flexibility index (Phi) is 11.7. The fourth-order valence-electron chi connectivity index (χ4n) is 8.48. The average Bonchev–Trinajstić information content (AvgIpc) is 4.05. The molecule has 4 saturated heterocycles. The zero-order chi connectivity index (χ0) is 43.4. The van der Waals surface area contributed by atoms with Gasteiger partial charge in [-0.3, -0.25) is 23.5 Å². The lowest BCUT2D eigenvalue weighted by Gasteiger charge is -2.35. The summed E-state index contributed by atoms with van der Waals surface area (Å²) in [4.78, 5) is 57.6. The SMILES string of the molecule is CC1(C)O[C@@H]2[C@H](O1)[C@@H](CN)O[C@H]2n1cnc2c(N)ncnc21.COC(=O)C1CC(=O)C1.COC(=O)C1CC(NC[C@H]2O[C@@H](n3cnc4c(N)ncnc43)[C@@H]3OC(C)(C)O[C@@H]32)C1. The maximum atomic E-state index is 11.6. The van der Waals surface area contributed by atoms with Crippen molar-refractivity contribution in [3.8, 4) is 0 Å². The summed E-state index contributed by atoms with van der Waals surface area (Å²) in [6, 6.07) is 0.257. The predicted molar refractivity (Wildman–Crippen MR) is 210 cm³/mol. The van der Waals surface area contributed by atoms with E-state index in [1.165, 1.54) is 26.9 Å². The Balaban J connectivity index is 0.000000144. The number of carbonyl (C=O) groups is 3. The third kappa shape index (κ3) is 8.35. The number of anilines is 2. The largest absolute Gasteiger partial charge is 0.469 e. The molecule has 10 rings (SSSR count). The van der Waals surface area contributed by atoms with Gasteiger partial charge in [0.15, 0.2) is 47.0 Å². The van der Waals surface area contributed by atoms with Gasteiger partial charge in [-0.15, -0.1) is 0 Å². The molecule has 0 aromatic carbocycles. The molecule has 6 fully saturated rings. The number of nitrogens with two attached hydrogens (primary N) is 3. The van der Waals surface area contributed by atoms with Crippen molar-refractivity contribution in [1.82, 2.24) is 44.4 Å². The summed E-state index contributed by atoms with van der Waals surface area (Å²) in [7, 11) is 2.76. The van der Waals surface area contributed by atoms with E-state index in [4.69, 9.17) is 50.4 Å². The molecular weight excluding hydrogens is 800 g/mol. The Bertz CT molecular complexity index is 2260. The summed E-state index contributed by atoms with van der Waals surface area (Å²) in [5, 5.41) is 3.48. The highest BCUT2D eigenvalue weighted by Crippen LogP contribution is 2.45. The minimum absolute atomic E-state index is 0.0232. The zero-order valence-electron chi connectivity index (χ0n) is 34.7. The fraction of sp³-hybridized carbons (Fsp3) is 0.658. The second-order valence-electron chi connectivity index (χ2n) is 16.6. The topological polar surface area (TPSA) is 302 Å². The highest BCUT2D eigenvalue weighted by Gasteiger charge is 2.57. The molecule has 23 nitrogen and oxygen atoms in total. The molecule has 4 aliphatic heterocycles. The van der Waals surface area contributed by atoms with E-state index in [1.807, 2.05) is 32.3 Å². The van der Waals surface area contributed by atoms with Crippen molar-refractivity contribution < 1.29 is 52.3 Å². The van der Waals surface area contributed by atoms with Gasteiger partial charge in [0.25, 0.3) is 0 Å². The highest BCUT2D eigenvalue weighted by molar-refractivity contribution is 5.94. The summed E-state index contributed by atoms with van der Waals surface area (Å²) in [6.07, 6.45) is 5.98. The Morgan fingerprint density at radius 3 is 1.66 bits per heavy atom. The highest BCUT2D eigenvalue weighted by atomic mass is 16.8. The summed E-state index contributed by atoms with van der Waals surface area (Å²) >= 11 is 0. The van der Waals surface area contributed by atoms with Crippen LogP contribution in [0.15, 0.2) is 25.3 Å². The van der Waals surface area contributed by atoms with Gasteiger partial charge in [0.1, 0.15) is 66.1 Å². The number of esters is 2. The predicted octanol–water partition coefficient (Wildman–Crippen LogP) is 0.290. The molecule has 8 heterocycles. The normalized spacial score (nSPS) is 31.9. The number of hydrogen-bond donors (Lipinski definition) is 4. The lowest BCUT2D eigenvalue weighted by Crippen LogP contribution is -2.48. The van der Waals surface area contributed by atoms with Crippen molar-refractivity contribution in [2.75, 3.05) is 38.8 Å². The van der Waals surface area contributed by atoms with Crippen LogP contribution in [0.5, 0.6) is 0 Å². The van der Waals surface area contributed by atoms with Crippen LogP contribution < -0.4 is 22.5 Å². The smallest absolute Gasteiger partial charge is 0.309 e. The van der Waals surface area contributed by atoms with Gasteiger partial charge in [-0.25, -0.2) is 29.9 Å². The molecular formula is C38H52N12O11. The van der Waals surface area contributed by atoms with Crippen molar-refractivity contribution in [2.45, 2.75) is 120 Å². The standard InChI is InChI=1S/C19H26N6O5.C13H18N6O3.C6H8O3/c1-19(2)29-13-11(6-21-10-4-9(5-10)18(26)27-3)28-17(14(13)30-19)25-8-24-12-15(20)22-7-23-16(12)25;1-13(2)21-8-6(3-14)20-12(9(8)22-13)19-5-18-7-10(15)16-4-17-11(7)19;1-9-6(8)4-2-5(7)3-4/h7-11,13-14,17,21H,4-6H2,1-3H3,(H2,20,22,23);4-6,8-9,12H,3,14H2,1-2H3,(H2,15,16,17);4H,2-3H2,1H3/t9?,10?,11-,13-,14-,17-;6-,8-,9-,12-;/m11./s1. The van der Waals surface area contributed by atoms with Gasteiger partial charge in [0.2, 0.25) is 0 Å². The second-order valence-corrected chi connectivity index (χ2v) is 16.6. The van der Waals surface area contributed by atoms with Crippen LogP contribution in [0.4, 0.5) is 11.6 Å². The molecule has 0 amide bonds. The van der Waals surface area contributed by atoms with Crippen LogP contribution in [0.1, 0.15) is 65.8 Å². The van der Waals surface area contributed by atoms with Gasteiger partial charge in [0.05, 0.1) is 38.7 Å². The van der Waals surface area contributed by atoms with E-state index < -0.39 is 24.0 Å². The van der Waals surface area contributed by atoms with Crippen LogP contribution in [-0.2, 0) is 52.3 Å². The minimum atomic E-state index is -0.716. The number of nitrogen functional groups attached to an aromatic ring is 2. The van der Waals surface area contributed by atoms with Crippen LogP contribution in [0, 0.1) is 11.8 Å². The number of nitrogens with zero attached hydrogens (tertiary/aromatic N) is 8. The quantitative estimate of drug-likeness (QED) is 0.173.